The Morgan fingerprint density at radius 1 is 1.08 bits per heavy atom. The van der Waals surface area contributed by atoms with E-state index in [0.717, 1.165) is 18.7 Å². The summed E-state index contributed by atoms with van der Waals surface area (Å²) in [6, 6.07) is 4.50. The molecule has 2 aromatic heterocycles. The number of hydrogen-bond acceptors (Lipinski definition) is 7. The summed E-state index contributed by atoms with van der Waals surface area (Å²) in [5.41, 5.74) is 0. The third-order valence-corrected chi connectivity index (χ3v) is 4.94. The molecule has 8 nitrogen and oxygen atoms in total. The van der Waals surface area contributed by atoms with Gasteiger partial charge in [-0.15, -0.1) is 0 Å². The summed E-state index contributed by atoms with van der Waals surface area (Å²) < 4.78 is 5.25. The van der Waals surface area contributed by atoms with Crippen molar-refractivity contribution in [1.29, 1.82) is 0 Å². The predicted octanol–water partition coefficient (Wildman–Crippen LogP) is 1.55. The first-order valence-electron chi connectivity index (χ1n) is 8.97. The van der Waals surface area contributed by atoms with Crippen molar-refractivity contribution in [2.75, 3.05) is 25.1 Å². The van der Waals surface area contributed by atoms with Crippen molar-refractivity contribution < 1.29 is 9.53 Å². The molecule has 26 heavy (non-hydrogen) atoms. The van der Waals surface area contributed by atoms with E-state index in [1.807, 2.05) is 11.0 Å². The van der Waals surface area contributed by atoms with Crippen molar-refractivity contribution in [3.05, 3.63) is 36.7 Å². The molecule has 1 saturated carbocycles. The number of amides is 1. The molecule has 8 heteroatoms. The lowest BCUT2D eigenvalue weighted by molar-refractivity contribution is 0.0699. The van der Waals surface area contributed by atoms with Gasteiger partial charge in [-0.25, -0.2) is 19.9 Å². The summed E-state index contributed by atoms with van der Waals surface area (Å²) in [6.07, 6.45) is 8.93. The van der Waals surface area contributed by atoms with Crippen LogP contribution in [0.15, 0.2) is 30.9 Å². The van der Waals surface area contributed by atoms with Gasteiger partial charge in [0.15, 0.2) is 0 Å². The van der Waals surface area contributed by atoms with Crippen LogP contribution in [0.3, 0.4) is 0 Å². The van der Waals surface area contributed by atoms with Crippen LogP contribution in [0.5, 0.6) is 5.88 Å². The van der Waals surface area contributed by atoms with Crippen molar-refractivity contribution in [2.45, 2.75) is 37.8 Å². The van der Waals surface area contributed by atoms with Gasteiger partial charge in [0.05, 0.1) is 7.11 Å². The Hall–Kier alpha value is -2.77. The monoisotopic (exact) mass is 354 g/mol. The molecule has 2 fully saturated rings. The van der Waals surface area contributed by atoms with E-state index in [1.165, 1.54) is 12.8 Å². The molecule has 2 aliphatic rings. The number of rotatable bonds is 5. The van der Waals surface area contributed by atoms with Crippen molar-refractivity contribution in [3.63, 3.8) is 0 Å². The maximum Gasteiger partial charge on any atom is 0.291 e. The molecule has 1 saturated heterocycles. The number of carbonyl (C=O) groups excluding carboxylic acids is 1. The van der Waals surface area contributed by atoms with E-state index in [4.69, 9.17) is 4.74 Å². The van der Waals surface area contributed by atoms with E-state index in [0.29, 0.717) is 31.1 Å². The van der Waals surface area contributed by atoms with Gasteiger partial charge >= 0.3 is 0 Å². The minimum absolute atomic E-state index is 0.0919. The van der Waals surface area contributed by atoms with Gasteiger partial charge in [0.1, 0.15) is 12.1 Å². The number of aromatic nitrogens is 4. The molecule has 1 aliphatic heterocycles. The molecule has 0 radical (unpaired) electrons. The number of nitrogens with zero attached hydrogens (tertiary/aromatic N) is 6. The fraction of sp³-hybridized carbons (Fsp3) is 0.500. The molecule has 3 heterocycles. The first-order chi connectivity index (χ1) is 12.8. The predicted molar refractivity (Wildman–Crippen MR) is 95.0 cm³/mol. The van der Waals surface area contributed by atoms with E-state index in [9.17, 15) is 4.79 Å². The molecule has 1 aliphatic carbocycles. The van der Waals surface area contributed by atoms with Crippen LogP contribution < -0.4 is 9.64 Å². The molecule has 2 aromatic rings. The summed E-state index contributed by atoms with van der Waals surface area (Å²) >= 11 is 0. The standard InChI is InChI=1S/C18H22N6O2/c1-26-16-11-15(21-12-22-16)24(13-3-4-13)14-5-9-23(10-6-14)18(25)17-19-7-2-8-20-17/h2,7-8,11-14H,3-6,9-10H2,1H3. The summed E-state index contributed by atoms with van der Waals surface area (Å²) in [5.74, 6) is 1.67. The van der Waals surface area contributed by atoms with Gasteiger partial charge in [-0.1, -0.05) is 0 Å². The highest BCUT2D eigenvalue weighted by molar-refractivity contribution is 5.90. The molecule has 0 unspecified atom stereocenters. The summed E-state index contributed by atoms with van der Waals surface area (Å²) in [7, 11) is 1.61. The minimum Gasteiger partial charge on any atom is -0.481 e. The molecule has 136 valence electrons. The maximum atomic E-state index is 12.5. The lowest BCUT2D eigenvalue weighted by Crippen LogP contribution is -2.48. The fourth-order valence-corrected chi connectivity index (χ4v) is 3.51. The van der Waals surface area contributed by atoms with Crippen molar-refractivity contribution in [1.82, 2.24) is 24.8 Å². The normalized spacial score (nSPS) is 17.8. The number of likely N-dealkylation sites (tertiary alicyclic amines) is 1. The molecular weight excluding hydrogens is 332 g/mol. The van der Waals surface area contributed by atoms with E-state index in [-0.39, 0.29) is 11.7 Å². The second-order valence-electron chi connectivity index (χ2n) is 6.65. The van der Waals surface area contributed by atoms with Gasteiger partial charge in [0.2, 0.25) is 11.7 Å². The average Bonchev–Trinajstić information content (AvgIpc) is 3.54. The van der Waals surface area contributed by atoms with E-state index < -0.39 is 0 Å². The number of methoxy groups -OCH3 is 1. The molecule has 0 aromatic carbocycles. The van der Waals surface area contributed by atoms with Gasteiger partial charge in [-0.2, -0.15) is 0 Å². The van der Waals surface area contributed by atoms with E-state index in [1.54, 1.807) is 31.9 Å². The van der Waals surface area contributed by atoms with Crippen LogP contribution in [-0.2, 0) is 0 Å². The van der Waals surface area contributed by atoms with Crippen molar-refractivity contribution in [3.8, 4) is 5.88 Å². The Labute approximate surface area is 152 Å². The zero-order valence-corrected chi connectivity index (χ0v) is 14.8. The van der Waals surface area contributed by atoms with Crippen molar-refractivity contribution >= 4 is 11.7 Å². The van der Waals surface area contributed by atoms with Crippen LogP contribution >= 0.6 is 0 Å². The average molecular weight is 354 g/mol. The smallest absolute Gasteiger partial charge is 0.291 e. The number of ether oxygens (including phenoxy) is 1. The third-order valence-electron chi connectivity index (χ3n) is 4.94. The SMILES string of the molecule is COc1cc(N(C2CC2)C2CCN(C(=O)c3ncccn3)CC2)ncn1. The summed E-state index contributed by atoms with van der Waals surface area (Å²) in [4.78, 5) is 33.5. The first-order valence-corrected chi connectivity index (χ1v) is 8.97. The summed E-state index contributed by atoms with van der Waals surface area (Å²) in [6.45, 7) is 1.40. The second-order valence-corrected chi connectivity index (χ2v) is 6.65. The van der Waals surface area contributed by atoms with Crippen LogP contribution in [0, 0.1) is 0 Å². The lowest BCUT2D eigenvalue weighted by atomic mass is 10.0. The number of carbonyl (C=O) groups is 1. The van der Waals surface area contributed by atoms with Crippen LogP contribution in [0.2, 0.25) is 0 Å². The maximum absolute atomic E-state index is 12.5. The van der Waals surface area contributed by atoms with Crippen molar-refractivity contribution in [2.24, 2.45) is 0 Å². The highest BCUT2D eigenvalue weighted by Crippen LogP contribution is 2.36. The first kappa shape index (κ1) is 16.7. The van der Waals surface area contributed by atoms with Crippen LogP contribution in [0.1, 0.15) is 36.3 Å². The Kier molecular flexibility index (Phi) is 4.64. The highest BCUT2D eigenvalue weighted by Gasteiger charge is 2.37. The second kappa shape index (κ2) is 7.23. The Bertz CT molecular complexity index is 759. The Morgan fingerprint density at radius 2 is 1.77 bits per heavy atom. The topological polar surface area (TPSA) is 84.3 Å². The van der Waals surface area contributed by atoms with Gasteiger partial charge in [-0.3, -0.25) is 4.79 Å². The Morgan fingerprint density at radius 3 is 2.42 bits per heavy atom. The molecule has 4 rings (SSSR count). The third kappa shape index (κ3) is 3.44. The van der Waals surface area contributed by atoms with Gasteiger partial charge in [0, 0.05) is 43.6 Å². The van der Waals surface area contributed by atoms with Crippen LogP contribution in [-0.4, -0.2) is 63.0 Å². The molecule has 0 bridgehead atoms. The Balaban J connectivity index is 1.45. The number of hydrogen-bond donors (Lipinski definition) is 0. The molecular formula is C18H22N6O2. The van der Waals surface area contributed by atoms with E-state index >= 15 is 0 Å². The zero-order chi connectivity index (χ0) is 17.9. The molecule has 1 amide bonds. The fourth-order valence-electron chi connectivity index (χ4n) is 3.51. The lowest BCUT2D eigenvalue weighted by Gasteiger charge is -2.39. The number of anilines is 1. The molecule has 0 N–H and O–H groups in total. The summed E-state index contributed by atoms with van der Waals surface area (Å²) in [5, 5.41) is 0. The van der Waals surface area contributed by atoms with Gasteiger partial charge in [-0.05, 0) is 31.7 Å². The van der Waals surface area contributed by atoms with Gasteiger partial charge < -0.3 is 14.5 Å². The minimum atomic E-state index is -0.0919. The van der Waals surface area contributed by atoms with E-state index in [2.05, 4.69) is 24.8 Å². The quantitative estimate of drug-likeness (QED) is 0.805. The largest absolute Gasteiger partial charge is 0.481 e. The van der Waals surface area contributed by atoms with Crippen LogP contribution in [0.25, 0.3) is 0 Å². The molecule has 0 spiro atoms. The number of piperidine rings is 1. The highest BCUT2D eigenvalue weighted by atomic mass is 16.5. The van der Waals surface area contributed by atoms with Gasteiger partial charge in [0.25, 0.3) is 5.91 Å². The van der Waals surface area contributed by atoms with Crippen LogP contribution in [0.4, 0.5) is 5.82 Å². The molecule has 0 atom stereocenters. The zero-order valence-electron chi connectivity index (χ0n) is 14.8.